The van der Waals surface area contributed by atoms with E-state index >= 15 is 0 Å². The third kappa shape index (κ3) is 3.93. The van der Waals surface area contributed by atoms with Gasteiger partial charge in [0.2, 0.25) is 0 Å². The number of carbonyl (C=O) groups excluding carboxylic acids is 2. The molecule has 2 N–H and O–H groups in total. The number of nitrogens with two attached hydrogens (primary N) is 1. The van der Waals surface area contributed by atoms with Crippen LogP contribution in [-0.4, -0.2) is 34.1 Å². The van der Waals surface area contributed by atoms with Gasteiger partial charge in [-0.1, -0.05) is 72.4 Å². The minimum Gasteiger partial charge on any atom is -0.463 e. The molecule has 1 unspecified atom stereocenters. The number of nitriles is 1. The van der Waals surface area contributed by atoms with Crippen molar-refractivity contribution in [1.29, 1.82) is 5.26 Å². The number of esters is 1. The highest BCUT2D eigenvalue weighted by atomic mass is 32.2. The fraction of sp³-hybridized carbons (Fsp3) is 0.143. The lowest BCUT2D eigenvalue weighted by Gasteiger charge is -2.35. The van der Waals surface area contributed by atoms with Gasteiger partial charge in [0.1, 0.15) is 10.8 Å². The van der Waals surface area contributed by atoms with Crippen LogP contribution in [0, 0.1) is 11.3 Å². The highest BCUT2D eigenvalue weighted by Crippen LogP contribution is 2.45. The van der Waals surface area contributed by atoms with Crippen LogP contribution in [0.1, 0.15) is 28.8 Å². The summed E-state index contributed by atoms with van der Waals surface area (Å²) in [5.74, 6) is -1.50. The average Bonchev–Trinajstić information content (AvgIpc) is 3.06. The zero-order chi connectivity index (χ0) is 25.2. The lowest BCUT2D eigenvalue weighted by atomic mass is 9.81. The van der Waals surface area contributed by atoms with Crippen molar-refractivity contribution in [2.24, 2.45) is 5.73 Å². The van der Waals surface area contributed by atoms with Gasteiger partial charge >= 0.3 is 5.97 Å². The molecule has 0 saturated heterocycles. The third-order valence-corrected chi connectivity index (χ3v) is 7.14. The fourth-order valence-corrected chi connectivity index (χ4v) is 5.54. The molecular weight excluding hydrogens is 472 g/mol. The minimum atomic E-state index is -0.746. The van der Waals surface area contributed by atoms with Crippen LogP contribution >= 0.6 is 11.8 Å². The highest BCUT2D eigenvalue weighted by molar-refractivity contribution is 7.99. The van der Waals surface area contributed by atoms with Crippen molar-refractivity contribution in [2.45, 2.75) is 17.9 Å². The van der Waals surface area contributed by atoms with E-state index < -0.39 is 17.8 Å². The predicted molar refractivity (Wildman–Crippen MR) is 136 cm³/mol. The molecule has 8 heteroatoms. The molecule has 2 aliphatic rings. The Morgan fingerprint density at radius 3 is 2.50 bits per heavy atom. The topological polar surface area (TPSA) is 109 Å². The van der Waals surface area contributed by atoms with Gasteiger partial charge in [-0.05, 0) is 24.6 Å². The summed E-state index contributed by atoms with van der Waals surface area (Å²) < 4.78 is 5.41. The molecule has 2 aliphatic heterocycles. The second-order valence-corrected chi connectivity index (χ2v) is 9.14. The molecule has 178 valence electrons. The summed E-state index contributed by atoms with van der Waals surface area (Å²) in [6.07, 6.45) is 0. The molecule has 3 heterocycles. The van der Waals surface area contributed by atoms with E-state index in [2.05, 4.69) is 6.07 Å². The van der Waals surface area contributed by atoms with Crippen molar-refractivity contribution < 1.29 is 14.3 Å². The number of rotatable bonds is 4. The molecule has 0 saturated carbocycles. The Balaban J connectivity index is 1.69. The Labute approximate surface area is 212 Å². The number of carbonyl (C=O) groups is 2. The van der Waals surface area contributed by atoms with Gasteiger partial charge in [0, 0.05) is 17.0 Å². The Morgan fingerprint density at radius 1 is 1.14 bits per heavy atom. The molecule has 5 rings (SSSR count). The summed E-state index contributed by atoms with van der Waals surface area (Å²) in [5.41, 5.74) is 10.0. The van der Waals surface area contributed by atoms with Gasteiger partial charge in [0.05, 0.1) is 41.0 Å². The van der Waals surface area contributed by atoms with Gasteiger partial charge in [0.25, 0.3) is 5.91 Å². The molecule has 0 bridgehead atoms. The average molecular weight is 495 g/mol. The van der Waals surface area contributed by atoms with Crippen molar-refractivity contribution in [2.75, 3.05) is 12.4 Å². The summed E-state index contributed by atoms with van der Waals surface area (Å²) in [6, 6.07) is 24.5. The highest BCUT2D eigenvalue weighted by Gasteiger charge is 2.43. The monoisotopic (exact) mass is 494 g/mol. The van der Waals surface area contributed by atoms with Crippen LogP contribution in [0.3, 0.4) is 0 Å². The number of thioether (sulfide) groups is 1. The largest absolute Gasteiger partial charge is 0.463 e. The minimum absolute atomic E-state index is 0.0139. The van der Waals surface area contributed by atoms with Gasteiger partial charge < -0.3 is 10.5 Å². The molecule has 3 aromatic rings. The van der Waals surface area contributed by atoms with E-state index in [1.54, 1.807) is 19.1 Å². The summed E-state index contributed by atoms with van der Waals surface area (Å²) in [5, 5.41) is 10.6. The van der Waals surface area contributed by atoms with Crippen molar-refractivity contribution in [3.05, 3.63) is 107 Å². The zero-order valence-electron chi connectivity index (χ0n) is 19.5. The molecule has 1 atom stereocenters. The smallest absolute Gasteiger partial charge is 0.336 e. The van der Waals surface area contributed by atoms with Gasteiger partial charge in [-0.3, -0.25) is 9.69 Å². The van der Waals surface area contributed by atoms with E-state index in [1.807, 2.05) is 60.7 Å². The molecule has 2 aromatic carbocycles. The molecule has 7 nitrogen and oxygen atoms in total. The van der Waals surface area contributed by atoms with E-state index in [0.717, 1.165) is 16.8 Å². The van der Waals surface area contributed by atoms with Crippen molar-refractivity contribution in [1.82, 2.24) is 9.88 Å². The number of hydrogen-bond acceptors (Lipinski definition) is 7. The van der Waals surface area contributed by atoms with Crippen LogP contribution < -0.4 is 5.73 Å². The standard InChI is InChI=1S/C28H22N4O3S/c1-2-35-28(34)24-22-16-36-26-19(13-14-21(31-26)17-9-5-3-6-10-17)27(33)32(22)25(30)20(15-29)23(24)18-11-7-4-8-12-18/h3-14,23H,2,16,30H2,1H3. The van der Waals surface area contributed by atoms with Crippen LogP contribution in [0.15, 0.2) is 100 Å². The molecule has 36 heavy (non-hydrogen) atoms. The van der Waals surface area contributed by atoms with Crippen LogP contribution in [0.25, 0.3) is 11.3 Å². The Kier molecular flexibility index (Phi) is 6.32. The summed E-state index contributed by atoms with van der Waals surface area (Å²) in [7, 11) is 0. The molecule has 0 aliphatic carbocycles. The van der Waals surface area contributed by atoms with E-state index in [1.165, 1.54) is 16.7 Å². The first kappa shape index (κ1) is 23.4. The predicted octanol–water partition coefficient (Wildman–Crippen LogP) is 4.60. The number of hydrogen-bond donors (Lipinski definition) is 1. The Morgan fingerprint density at radius 2 is 1.83 bits per heavy atom. The molecule has 1 aromatic heterocycles. The summed E-state index contributed by atoms with van der Waals surface area (Å²) in [6.45, 7) is 1.87. The summed E-state index contributed by atoms with van der Waals surface area (Å²) >= 11 is 1.35. The SMILES string of the molecule is CCOC(=O)C1=C2CSc3nc(-c4ccccc4)ccc3C(=O)N2C(N)=C(C#N)C1c1ccccc1. The quantitative estimate of drug-likeness (QED) is 0.528. The molecule has 0 radical (unpaired) electrons. The second kappa shape index (κ2) is 9.72. The van der Waals surface area contributed by atoms with E-state index in [4.69, 9.17) is 15.5 Å². The van der Waals surface area contributed by atoms with Crippen LogP contribution in [0.5, 0.6) is 0 Å². The first-order chi connectivity index (χ1) is 17.5. The first-order valence-corrected chi connectivity index (χ1v) is 12.4. The van der Waals surface area contributed by atoms with Gasteiger partial charge in [-0.15, -0.1) is 0 Å². The number of benzene rings is 2. The second-order valence-electron chi connectivity index (χ2n) is 8.18. The Bertz CT molecular complexity index is 1460. The number of ether oxygens (including phenoxy) is 1. The van der Waals surface area contributed by atoms with Crippen molar-refractivity contribution in [3.8, 4) is 17.3 Å². The van der Waals surface area contributed by atoms with E-state index in [0.29, 0.717) is 16.3 Å². The zero-order valence-corrected chi connectivity index (χ0v) is 20.3. The number of pyridine rings is 1. The van der Waals surface area contributed by atoms with E-state index in [-0.39, 0.29) is 29.3 Å². The number of fused-ring (bicyclic) bond motifs is 2. The number of allylic oxidation sites excluding steroid dienone is 1. The molecular formula is C28H22N4O3S. The summed E-state index contributed by atoms with van der Waals surface area (Å²) in [4.78, 5) is 33.2. The van der Waals surface area contributed by atoms with Crippen LogP contribution in [0.4, 0.5) is 0 Å². The van der Waals surface area contributed by atoms with Gasteiger partial charge in [-0.25, -0.2) is 9.78 Å². The molecule has 0 fully saturated rings. The number of nitrogens with zero attached hydrogens (tertiary/aromatic N) is 3. The Hall–Kier alpha value is -4.35. The normalized spacial score (nSPS) is 17.2. The van der Waals surface area contributed by atoms with E-state index in [9.17, 15) is 14.9 Å². The maximum atomic E-state index is 13.8. The van der Waals surface area contributed by atoms with Gasteiger partial charge in [-0.2, -0.15) is 5.26 Å². The maximum Gasteiger partial charge on any atom is 0.336 e. The van der Waals surface area contributed by atoms with Gasteiger partial charge in [0.15, 0.2) is 0 Å². The number of amides is 1. The number of aromatic nitrogens is 1. The lowest BCUT2D eigenvalue weighted by Crippen LogP contribution is -2.41. The molecule has 1 amide bonds. The van der Waals surface area contributed by atoms with Crippen LogP contribution in [-0.2, 0) is 9.53 Å². The third-order valence-electron chi connectivity index (χ3n) is 6.13. The first-order valence-electron chi connectivity index (χ1n) is 11.4. The fourth-order valence-electron chi connectivity index (χ4n) is 4.50. The van der Waals surface area contributed by atoms with Crippen molar-refractivity contribution >= 4 is 23.6 Å². The lowest BCUT2D eigenvalue weighted by molar-refractivity contribution is -0.138. The molecule has 0 spiro atoms. The van der Waals surface area contributed by atoms with Crippen molar-refractivity contribution in [3.63, 3.8) is 0 Å². The maximum absolute atomic E-state index is 13.8. The van der Waals surface area contributed by atoms with Crippen LogP contribution in [0.2, 0.25) is 0 Å².